The minimum absolute atomic E-state index is 0.285. The van der Waals surface area contributed by atoms with E-state index in [-0.39, 0.29) is 13.2 Å². The molecule has 154 valence electrons. The van der Waals surface area contributed by atoms with Crippen LogP contribution in [0.2, 0.25) is 10.0 Å². The van der Waals surface area contributed by atoms with E-state index in [4.69, 9.17) is 37.1 Å². The van der Waals surface area contributed by atoms with E-state index >= 15 is 0 Å². The molecule has 0 radical (unpaired) electrons. The topological polar surface area (TPSA) is 56.8 Å². The van der Waals surface area contributed by atoms with Gasteiger partial charge in [0.25, 0.3) is 0 Å². The normalized spacial score (nSPS) is 12.9. The molecule has 0 bridgehead atoms. The Hall–Kier alpha value is -0.910. The lowest BCUT2D eigenvalue weighted by Crippen LogP contribution is -2.19. The molecule has 0 saturated heterocycles. The predicted octanol–water partition coefficient (Wildman–Crippen LogP) is 6.41. The van der Waals surface area contributed by atoms with Crippen LogP contribution < -0.4 is 5.48 Å². The van der Waals surface area contributed by atoms with Gasteiger partial charge in [-0.3, -0.25) is 9.40 Å². The Balaban J connectivity index is 2.07. The maximum Gasteiger partial charge on any atom is 0.338 e. The highest BCUT2D eigenvalue weighted by Gasteiger charge is 2.36. The van der Waals surface area contributed by atoms with Gasteiger partial charge < -0.3 is 9.05 Å². The van der Waals surface area contributed by atoms with Gasteiger partial charge in [0, 0.05) is 6.54 Å². The average molecular weight is 446 g/mol. The summed E-state index contributed by atoms with van der Waals surface area (Å²) in [4.78, 5) is 5.51. The van der Waals surface area contributed by atoms with Crippen LogP contribution in [0.3, 0.4) is 0 Å². The summed E-state index contributed by atoms with van der Waals surface area (Å²) in [6, 6.07) is 15.0. The average Bonchev–Trinajstić information content (AvgIpc) is 2.68. The van der Waals surface area contributed by atoms with E-state index in [0.717, 1.165) is 11.1 Å². The van der Waals surface area contributed by atoms with Crippen molar-refractivity contribution in [1.82, 2.24) is 5.48 Å². The van der Waals surface area contributed by atoms with Gasteiger partial charge in [-0.2, -0.15) is 0 Å². The Morgan fingerprint density at radius 3 is 2.29 bits per heavy atom. The van der Waals surface area contributed by atoms with Crippen LogP contribution in [0.25, 0.3) is 0 Å². The molecule has 1 atom stereocenters. The molecule has 0 heterocycles. The first kappa shape index (κ1) is 23.4. The van der Waals surface area contributed by atoms with Gasteiger partial charge in [-0.15, -0.1) is 0 Å². The molecule has 5 nitrogen and oxygen atoms in total. The molecule has 8 heteroatoms. The van der Waals surface area contributed by atoms with Gasteiger partial charge in [0.15, 0.2) is 0 Å². The van der Waals surface area contributed by atoms with Gasteiger partial charge in [-0.25, -0.2) is 5.48 Å². The lowest BCUT2D eigenvalue weighted by Gasteiger charge is -2.27. The van der Waals surface area contributed by atoms with Crippen molar-refractivity contribution in [2.24, 2.45) is 0 Å². The molecular formula is C20H26Cl2NO4P. The minimum atomic E-state index is -3.39. The standard InChI is InChI=1S/C20H26Cl2NO4P/c1-3-26-28(24,27-4-2)20(17-10-11-18(21)19(22)14-17)12-13-23-25-15-16-8-6-5-7-9-16/h5-11,14,20,23H,3-4,12-13,15H2,1-2H3. The maximum absolute atomic E-state index is 13.4. The van der Waals surface area contributed by atoms with Crippen LogP contribution in [0, 0.1) is 0 Å². The minimum Gasteiger partial charge on any atom is -0.308 e. The Morgan fingerprint density at radius 2 is 1.68 bits per heavy atom. The molecule has 0 saturated carbocycles. The summed E-state index contributed by atoms with van der Waals surface area (Å²) in [5, 5.41) is 0.841. The molecule has 0 fully saturated rings. The zero-order valence-electron chi connectivity index (χ0n) is 16.1. The Morgan fingerprint density at radius 1 is 1.00 bits per heavy atom. The largest absolute Gasteiger partial charge is 0.338 e. The summed E-state index contributed by atoms with van der Waals surface area (Å²) >= 11 is 12.2. The van der Waals surface area contributed by atoms with Crippen molar-refractivity contribution in [3.8, 4) is 0 Å². The van der Waals surface area contributed by atoms with Crippen molar-refractivity contribution in [3.05, 3.63) is 69.7 Å². The van der Waals surface area contributed by atoms with Crippen molar-refractivity contribution < 1.29 is 18.5 Å². The SMILES string of the molecule is CCOP(=O)(OCC)C(CCNOCc1ccccc1)c1ccc(Cl)c(Cl)c1. The first-order valence-corrected chi connectivity index (χ1v) is 11.6. The van der Waals surface area contributed by atoms with Gasteiger partial charge in [-0.05, 0) is 43.5 Å². The van der Waals surface area contributed by atoms with Crippen molar-refractivity contribution >= 4 is 30.8 Å². The summed E-state index contributed by atoms with van der Waals surface area (Å²) in [5.41, 5.74) is 4.25. The summed E-state index contributed by atoms with van der Waals surface area (Å²) in [5.74, 6) is 0. The molecule has 0 spiro atoms. The number of rotatable bonds is 12. The Labute approximate surface area is 176 Å². The third-order valence-electron chi connectivity index (χ3n) is 4.03. The van der Waals surface area contributed by atoms with E-state index in [1.165, 1.54) is 0 Å². The van der Waals surface area contributed by atoms with Crippen LogP contribution in [-0.4, -0.2) is 19.8 Å². The van der Waals surface area contributed by atoms with E-state index in [1.807, 2.05) is 30.3 Å². The molecule has 2 aromatic rings. The molecule has 0 aliphatic heterocycles. The van der Waals surface area contributed by atoms with Crippen molar-refractivity contribution in [2.75, 3.05) is 19.8 Å². The number of benzene rings is 2. The monoisotopic (exact) mass is 445 g/mol. The van der Waals surface area contributed by atoms with Crippen LogP contribution in [-0.2, 0) is 25.1 Å². The van der Waals surface area contributed by atoms with Crippen LogP contribution in [0.5, 0.6) is 0 Å². The van der Waals surface area contributed by atoms with Gasteiger partial charge in [0.1, 0.15) is 0 Å². The Bertz CT molecular complexity index is 766. The zero-order chi connectivity index (χ0) is 20.4. The number of hydroxylamine groups is 1. The van der Waals surface area contributed by atoms with Crippen LogP contribution in [0.1, 0.15) is 37.1 Å². The van der Waals surface area contributed by atoms with E-state index < -0.39 is 13.3 Å². The van der Waals surface area contributed by atoms with Gasteiger partial charge in [0.2, 0.25) is 0 Å². The second-order valence-corrected chi connectivity index (χ2v) is 9.06. The number of hydrogen-bond donors (Lipinski definition) is 1. The van der Waals surface area contributed by atoms with Gasteiger partial charge in [-0.1, -0.05) is 59.6 Å². The lowest BCUT2D eigenvalue weighted by atomic mass is 10.1. The summed E-state index contributed by atoms with van der Waals surface area (Å²) in [6.07, 6.45) is 0.476. The fourth-order valence-corrected chi connectivity index (χ4v) is 5.21. The molecule has 0 aliphatic carbocycles. The lowest BCUT2D eigenvalue weighted by molar-refractivity contribution is 0.0270. The molecule has 0 aliphatic rings. The molecule has 0 aromatic heterocycles. The fourth-order valence-electron chi connectivity index (χ4n) is 2.78. The molecule has 2 rings (SSSR count). The molecule has 1 N–H and O–H groups in total. The summed E-state index contributed by atoms with van der Waals surface area (Å²) in [6.45, 7) is 5.05. The zero-order valence-corrected chi connectivity index (χ0v) is 18.5. The van der Waals surface area contributed by atoms with E-state index in [2.05, 4.69) is 5.48 Å². The number of nitrogens with one attached hydrogen (secondary N) is 1. The second-order valence-electron chi connectivity index (χ2n) is 6.02. The van der Waals surface area contributed by atoms with Crippen LogP contribution in [0.15, 0.2) is 48.5 Å². The molecule has 0 amide bonds. The third kappa shape index (κ3) is 6.85. The quantitative estimate of drug-likeness (QED) is 0.232. The molecule has 2 aromatic carbocycles. The summed E-state index contributed by atoms with van der Waals surface area (Å²) in [7, 11) is -3.39. The van der Waals surface area contributed by atoms with Crippen LogP contribution in [0.4, 0.5) is 0 Å². The number of halogens is 2. The third-order valence-corrected chi connectivity index (χ3v) is 7.33. The molecular weight excluding hydrogens is 420 g/mol. The van der Waals surface area contributed by atoms with Crippen molar-refractivity contribution in [2.45, 2.75) is 32.5 Å². The Kier molecular flexibility index (Phi) is 9.96. The maximum atomic E-state index is 13.4. The van der Waals surface area contributed by atoms with Gasteiger partial charge in [0.05, 0.1) is 35.5 Å². The first-order chi connectivity index (χ1) is 13.5. The predicted molar refractivity (Wildman–Crippen MR) is 114 cm³/mol. The van der Waals surface area contributed by atoms with E-state index in [1.54, 1.807) is 32.0 Å². The highest BCUT2D eigenvalue weighted by molar-refractivity contribution is 7.54. The van der Waals surface area contributed by atoms with Crippen molar-refractivity contribution in [3.63, 3.8) is 0 Å². The smallest absolute Gasteiger partial charge is 0.308 e. The first-order valence-electron chi connectivity index (χ1n) is 9.22. The highest BCUT2D eigenvalue weighted by Crippen LogP contribution is 2.62. The van der Waals surface area contributed by atoms with Crippen molar-refractivity contribution in [1.29, 1.82) is 0 Å². The van der Waals surface area contributed by atoms with E-state index in [0.29, 0.717) is 29.6 Å². The fraction of sp³-hybridized carbons (Fsp3) is 0.400. The van der Waals surface area contributed by atoms with Crippen LogP contribution >= 0.6 is 30.8 Å². The van der Waals surface area contributed by atoms with E-state index in [9.17, 15) is 4.57 Å². The van der Waals surface area contributed by atoms with Gasteiger partial charge >= 0.3 is 7.60 Å². The molecule has 1 unspecified atom stereocenters. The second kappa shape index (κ2) is 11.9. The molecule has 28 heavy (non-hydrogen) atoms. The summed E-state index contributed by atoms with van der Waals surface area (Å²) < 4.78 is 24.5. The highest BCUT2D eigenvalue weighted by atomic mass is 35.5. The number of hydrogen-bond acceptors (Lipinski definition) is 5.